The highest BCUT2D eigenvalue weighted by atomic mass is 32.2. The third-order valence-corrected chi connectivity index (χ3v) is 5.54. The number of carbonyl (C=O) groups is 1. The largest absolute Gasteiger partial charge is 0.489 e. The average Bonchev–Trinajstić information content (AvgIpc) is 2.72. The van der Waals surface area contributed by atoms with Gasteiger partial charge in [0.1, 0.15) is 23.1 Å². The molecular weight excluding hydrogens is 397 g/mol. The van der Waals surface area contributed by atoms with Crippen LogP contribution in [0, 0.1) is 5.82 Å². The molecule has 0 saturated carbocycles. The van der Waals surface area contributed by atoms with E-state index in [4.69, 9.17) is 9.84 Å². The normalized spacial score (nSPS) is 11.2. The van der Waals surface area contributed by atoms with Crippen molar-refractivity contribution in [2.75, 3.05) is 0 Å². The number of hydrogen-bond acceptors (Lipinski definition) is 4. The van der Waals surface area contributed by atoms with Gasteiger partial charge in [-0.25, -0.2) is 22.3 Å². The van der Waals surface area contributed by atoms with Crippen LogP contribution in [0.2, 0.25) is 0 Å². The van der Waals surface area contributed by atoms with Gasteiger partial charge in [0.2, 0.25) is 10.0 Å². The number of nitrogens with one attached hydrogen (secondary N) is 1. The Morgan fingerprint density at radius 2 is 1.66 bits per heavy atom. The molecule has 0 unspecified atom stereocenters. The van der Waals surface area contributed by atoms with Crippen molar-refractivity contribution in [2.24, 2.45) is 0 Å². The summed E-state index contributed by atoms with van der Waals surface area (Å²) in [5, 5.41) is 8.84. The summed E-state index contributed by atoms with van der Waals surface area (Å²) >= 11 is 0. The summed E-state index contributed by atoms with van der Waals surface area (Å²) in [6.45, 7) is 0.361. The minimum Gasteiger partial charge on any atom is -0.489 e. The minimum atomic E-state index is -4.14. The van der Waals surface area contributed by atoms with Gasteiger partial charge in [0, 0.05) is 6.54 Å². The SMILES string of the molecule is O=C(O)c1ccc(S(=O)(=O)NCc2ccc(OCc3ccccc3)cc2)c(F)c1. The lowest BCUT2D eigenvalue weighted by atomic mass is 10.2. The van der Waals surface area contributed by atoms with E-state index < -0.39 is 26.7 Å². The average molecular weight is 415 g/mol. The molecule has 0 heterocycles. The number of benzene rings is 3. The molecule has 0 bridgehead atoms. The fourth-order valence-corrected chi connectivity index (χ4v) is 3.63. The lowest BCUT2D eigenvalue weighted by Gasteiger charge is -2.10. The fourth-order valence-electron chi connectivity index (χ4n) is 2.55. The predicted octanol–water partition coefficient (Wildman–Crippen LogP) is 3.58. The molecular formula is C21H18FNO5S. The molecule has 0 amide bonds. The van der Waals surface area contributed by atoms with Gasteiger partial charge >= 0.3 is 5.97 Å². The number of rotatable bonds is 8. The number of hydrogen-bond donors (Lipinski definition) is 2. The Kier molecular flexibility index (Phi) is 6.26. The molecule has 8 heteroatoms. The Bertz CT molecular complexity index is 1100. The molecule has 0 aromatic heterocycles. The maximum atomic E-state index is 14.0. The Balaban J connectivity index is 1.61. The molecule has 150 valence electrons. The van der Waals surface area contributed by atoms with Crippen molar-refractivity contribution >= 4 is 16.0 Å². The van der Waals surface area contributed by atoms with Crippen molar-refractivity contribution in [3.05, 3.63) is 95.3 Å². The maximum absolute atomic E-state index is 14.0. The Morgan fingerprint density at radius 3 is 2.28 bits per heavy atom. The summed E-state index contributed by atoms with van der Waals surface area (Å²) in [6, 6.07) is 19.2. The molecule has 0 aliphatic heterocycles. The van der Waals surface area contributed by atoms with Gasteiger partial charge in [-0.1, -0.05) is 42.5 Å². The van der Waals surface area contributed by atoms with Crippen LogP contribution < -0.4 is 9.46 Å². The van der Waals surface area contributed by atoms with Crippen LogP contribution in [0.25, 0.3) is 0 Å². The predicted molar refractivity (Wildman–Crippen MR) is 105 cm³/mol. The van der Waals surface area contributed by atoms with Crippen LogP contribution in [-0.2, 0) is 23.2 Å². The second kappa shape index (κ2) is 8.85. The van der Waals surface area contributed by atoms with E-state index in [0.717, 1.165) is 17.7 Å². The molecule has 0 radical (unpaired) electrons. The summed E-state index contributed by atoms with van der Waals surface area (Å²) in [5.74, 6) is -1.83. The summed E-state index contributed by atoms with van der Waals surface area (Å²) in [7, 11) is -4.14. The second-order valence-corrected chi connectivity index (χ2v) is 7.93. The molecule has 3 rings (SSSR count). The summed E-state index contributed by atoms with van der Waals surface area (Å²) in [5.41, 5.74) is 1.36. The van der Waals surface area contributed by atoms with Gasteiger partial charge in [0.15, 0.2) is 0 Å². The molecule has 6 nitrogen and oxygen atoms in total. The van der Waals surface area contributed by atoms with Crippen molar-refractivity contribution in [3.8, 4) is 5.75 Å². The van der Waals surface area contributed by atoms with Gasteiger partial charge < -0.3 is 9.84 Å². The first-order valence-corrected chi connectivity index (χ1v) is 10.1. The summed E-state index contributed by atoms with van der Waals surface area (Å²) in [4.78, 5) is 10.2. The first-order chi connectivity index (χ1) is 13.8. The van der Waals surface area contributed by atoms with Gasteiger partial charge in [-0.2, -0.15) is 0 Å². The lowest BCUT2D eigenvalue weighted by Crippen LogP contribution is -2.24. The molecule has 0 spiro atoms. The summed E-state index contributed by atoms with van der Waals surface area (Å²) in [6.07, 6.45) is 0. The van der Waals surface area contributed by atoms with Crippen LogP contribution >= 0.6 is 0 Å². The lowest BCUT2D eigenvalue weighted by molar-refractivity contribution is 0.0696. The first-order valence-electron chi connectivity index (χ1n) is 8.63. The highest BCUT2D eigenvalue weighted by Crippen LogP contribution is 2.18. The van der Waals surface area contributed by atoms with E-state index in [1.165, 1.54) is 0 Å². The highest BCUT2D eigenvalue weighted by molar-refractivity contribution is 7.89. The molecule has 2 N–H and O–H groups in total. The van der Waals surface area contributed by atoms with Crippen molar-refractivity contribution in [3.63, 3.8) is 0 Å². The quantitative estimate of drug-likeness (QED) is 0.587. The second-order valence-electron chi connectivity index (χ2n) is 6.19. The molecule has 3 aromatic rings. The number of ether oxygens (including phenoxy) is 1. The fraction of sp³-hybridized carbons (Fsp3) is 0.0952. The highest BCUT2D eigenvalue weighted by Gasteiger charge is 2.20. The monoisotopic (exact) mass is 415 g/mol. The Hall–Kier alpha value is -3.23. The molecule has 3 aromatic carbocycles. The van der Waals surface area contributed by atoms with Crippen LogP contribution in [0.4, 0.5) is 4.39 Å². The third kappa shape index (κ3) is 5.40. The van der Waals surface area contributed by atoms with Crippen LogP contribution in [-0.4, -0.2) is 19.5 Å². The Morgan fingerprint density at radius 1 is 0.966 bits per heavy atom. The smallest absolute Gasteiger partial charge is 0.335 e. The van der Waals surface area contributed by atoms with Crippen molar-refractivity contribution in [2.45, 2.75) is 18.0 Å². The topological polar surface area (TPSA) is 92.7 Å². The van der Waals surface area contributed by atoms with E-state index >= 15 is 0 Å². The van der Waals surface area contributed by atoms with E-state index in [2.05, 4.69) is 4.72 Å². The summed E-state index contributed by atoms with van der Waals surface area (Å²) < 4.78 is 46.6. The number of carboxylic acid groups (broad SMARTS) is 1. The van der Waals surface area contributed by atoms with E-state index in [1.54, 1.807) is 24.3 Å². The van der Waals surface area contributed by atoms with Crippen molar-refractivity contribution < 1.29 is 27.4 Å². The molecule has 0 saturated heterocycles. The molecule has 0 fully saturated rings. The zero-order valence-electron chi connectivity index (χ0n) is 15.2. The van der Waals surface area contributed by atoms with Gasteiger partial charge in [0.25, 0.3) is 0 Å². The number of aromatic carboxylic acids is 1. The molecule has 0 aliphatic carbocycles. The molecule has 29 heavy (non-hydrogen) atoms. The zero-order valence-corrected chi connectivity index (χ0v) is 16.0. The van der Waals surface area contributed by atoms with Crippen molar-refractivity contribution in [1.29, 1.82) is 0 Å². The van der Waals surface area contributed by atoms with E-state index in [1.807, 2.05) is 30.3 Å². The third-order valence-electron chi connectivity index (χ3n) is 4.11. The molecule has 0 aliphatic rings. The first kappa shape index (κ1) is 20.5. The minimum absolute atomic E-state index is 0.0541. The van der Waals surface area contributed by atoms with Gasteiger partial charge in [-0.15, -0.1) is 0 Å². The van der Waals surface area contributed by atoms with E-state index in [9.17, 15) is 17.6 Å². The van der Waals surface area contributed by atoms with Crippen LogP contribution in [0.3, 0.4) is 0 Å². The van der Waals surface area contributed by atoms with Gasteiger partial charge in [-0.3, -0.25) is 0 Å². The van der Waals surface area contributed by atoms with Crippen LogP contribution in [0.1, 0.15) is 21.5 Å². The maximum Gasteiger partial charge on any atom is 0.335 e. The number of halogens is 1. The number of sulfonamides is 1. The number of carboxylic acids is 1. The van der Waals surface area contributed by atoms with Crippen molar-refractivity contribution in [1.82, 2.24) is 4.72 Å². The zero-order chi connectivity index (χ0) is 20.9. The Labute approximate surface area is 167 Å². The molecule has 0 atom stereocenters. The van der Waals surface area contributed by atoms with Gasteiger partial charge in [-0.05, 0) is 41.5 Å². The van der Waals surface area contributed by atoms with Crippen LogP contribution in [0.15, 0.2) is 77.7 Å². The van der Waals surface area contributed by atoms with Crippen LogP contribution in [0.5, 0.6) is 5.75 Å². The van der Waals surface area contributed by atoms with E-state index in [0.29, 0.717) is 24.0 Å². The standard InChI is InChI=1S/C21H18FNO5S/c22-19-12-17(21(24)25)8-11-20(19)29(26,27)23-13-15-6-9-18(10-7-15)28-14-16-4-2-1-3-5-16/h1-12,23H,13-14H2,(H,24,25). The van der Waals surface area contributed by atoms with E-state index in [-0.39, 0.29) is 12.1 Å². The van der Waals surface area contributed by atoms with Gasteiger partial charge in [0.05, 0.1) is 5.56 Å².